The van der Waals surface area contributed by atoms with E-state index in [0.29, 0.717) is 6.54 Å². The standard InChI is InChI=1S/C8H17NO3S/c1-12-13(10,11)8-7-9-5-3-2-4-6-9/h2-8H2,1H3. The van der Waals surface area contributed by atoms with Crippen LogP contribution in [0.25, 0.3) is 0 Å². The summed E-state index contributed by atoms with van der Waals surface area (Å²) in [5.74, 6) is 0.115. The highest BCUT2D eigenvalue weighted by Crippen LogP contribution is 2.08. The zero-order chi connectivity index (χ0) is 9.73. The Balaban J connectivity index is 2.25. The number of hydrogen-bond donors (Lipinski definition) is 0. The molecule has 0 spiro atoms. The summed E-state index contributed by atoms with van der Waals surface area (Å²) in [6, 6.07) is 0. The number of rotatable bonds is 4. The summed E-state index contributed by atoms with van der Waals surface area (Å²) in [5.41, 5.74) is 0. The Morgan fingerprint density at radius 2 is 1.85 bits per heavy atom. The normalized spacial score (nSPS) is 20.4. The zero-order valence-electron chi connectivity index (χ0n) is 8.03. The third kappa shape index (κ3) is 4.06. The first kappa shape index (κ1) is 10.9. The van der Waals surface area contributed by atoms with Crippen LogP contribution in [0.4, 0.5) is 0 Å². The second-order valence-electron chi connectivity index (χ2n) is 3.33. The van der Waals surface area contributed by atoms with Crippen LogP contribution in [0.15, 0.2) is 0 Å². The minimum absolute atomic E-state index is 0.115. The van der Waals surface area contributed by atoms with Crippen LogP contribution in [0.5, 0.6) is 0 Å². The molecule has 0 aliphatic carbocycles. The maximum atomic E-state index is 11.0. The molecule has 1 aliphatic heterocycles. The molecule has 0 amide bonds. The van der Waals surface area contributed by atoms with Crippen molar-refractivity contribution in [3.8, 4) is 0 Å². The topological polar surface area (TPSA) is 46.6 Å². The van der Waals surface area contributed by atoms with E-state index in [1.54, 1.807) is 0 Å². The first-order valence-electron chi connectivity index (χ1n) is 4.65. The quantitative estimate of drug-likeness (QED) is 0.628. The van der Waals surface area contributed by atoms with Crippen molar-refractivity contribution in [3.63, 3.8) is 0 Å². The Morgan fingerprint density at radius 1 is 1.23 bits per heavy atom. The summed E-state index contributed by atoms with van der Waals surface area (Å²) in [6.45, 7) is 2.66. The fourth-order valence-corrected chi connectivity index (χ4v) is 2.16. The van der Waals surface area contributed by atoms with E-state index in [0.717, 1.165) is 13.1 Å². The van der Waals surface area contributed by atoms with Crippen LogP contribution >= 0.6 is 0 Å². The predicted octanol–water partition coefficient (Wildman–Crippen LogP) is 0.448. The summed E-state index contributed by atoms with van der Waals surface area (Å²) in [5, 5.41) is 0. The van der Waals surface area contributed by atoms with Crippen molar-refractivity contribution in [3.05, 3.63) is 0 Å². The second-order valence-corrected chi connectivity index (χ2v) is 5.19. The Bertz CT molecular complexity index is 232. The Kier molecular flexibility index (Phi) is 4.15. The molecule has 0 saturated carbocycles. The van der Waals surface area contributed by atoms with E-state index >= 15 is 0 Å². The fourth-order valence-electron chi connectivity index (χ4n) is 1.51. The fraction of sp³-hybridized carbons (Fsp3) is 1.00. The molecule has 1 heterocycles. The zero-order valence-corrected chi connectivity index (χ0v) is 8.85. The molecule has 4 nitrogen and oxygen atoms in total. The van der Waals surface area contributed by atoms with E-state index in [-0.39, 0.29) is 5.75 Å². The van der Waals surface area contributed by atoms with Gasteiger partial charge in [0.15, 0.2) is 0 Å². The molecule has 0 unspecified atom stereocenters. The van der Waals surface area contributed by atoms with Gasteiger partial charge in [0.25, 0.3) is 10.1 Å². The van der Waals surface area contributed by atoms with Gasteiger partial charge < -0.3 is 4.90 Å². The number of piperidine rings is 1. The van der Waals surface area contributed by atoms with Gasteiger partial charge >= 0.3 is 0 Å². The highest BCUT2D eigenvalue weighted by atomic mass is 32.2. The third-order valence-corrected chi connectivity index (χ3v) is 3.55. The van der Waals surface area contributed by atoms with Crippen LogP contribution in [-0.2, 0) is 14.3 Å². The van der Waals surface area contributed by atoms with Crippen LogP contribution < -0.4 is 0 Å². The number of nitrogens with zero attached hydrogens (tertiary/aromatic N) is 1. The maximum absolute atomic E-state index is 11.0. The van der Waals surface area contributed by atoms with Crippen LogP contribution in [-0.4, -0.2) is 45.8 Å². The summed E-state index contributed by atoms with van der Waals surface area (Å²) in [6.07, 6.45) is 3.65. The molecule has 0 aromatic rings. The Labute approximate surface area is 80.0 Å². The minimum atomic E-state index is -3.26. The molecular formula is C8H17NO3S. The van der Waals surface area contributed by atoms with Crippen molar-refractivity contribution in [2.24, 2.45) is 0 Å². The number of likely N-dealkylation sites (tertiary alicyclic amines) is 1. The summed E-state index contributed by atoms with van der Waals surface area (Å²) in [7, 11) is -2.05. The second kappa shape index (κ2) is 4.93. The van der Waals surface area contributed by atoms with E-state index in [2.05, 4.69) is 9.08 Å². The van der Waals surface area contributed by atoms with Gasteiger partial charge in [0.2, 0.25) is 0 Å². The highest BCUT2D eigenvalue weighted by Gasteiger charge is 2.14. The van der Waals surface area contributed by atoms with Crippen molar-refractivity contribution in [2.45, 2.75) is 19.3 Å². The van der Waals surface area contributed by atoms with Crippen LogP contribution in [0.1, 0.15) is 19.3 Å². The molecule has 1 fully saturated rings. The van der Waals surface area contributed by atoms with Crippen LogP contribution in [0.2, 0.25) is 0 Å². The van der Waals surface area contributed by atoms with Gasteiger partial charge in [0.05, 0.1) is 12.9 Å². The molecule has 0 aromatic carbocycles. The number of hydrogen-bond acceptors (Lipinski definition) is 4. The summed E-state index contributed by atoms with van der Waals surface area (Å²) >= 11 is 0. The van der Waals surface area contributed by atoms with Gasteiger partial charge in [-0.05, 0) is 25.9 Å². The largest absolute Gasteiger partial charge is 0.302 e. The van der Waals surface area contributed by atoms with E-state index in [1.807, 2.05) is 0 Å². The van der Waals surface area contributed by atoms with E-state index < -0.39 is 10.1 Å². The van der Waals surface area contributed by atoms with Gasteiger partial charge in [-0.15, -0.1) is 0 Å². The lowest BCUT2D eigenvalue weighted by molar-refractivity contribution is 0.239. The lowest BCUT2D eigenvalue weighted by Gasteiger charge is -2.25. The molecule has 1 saturated heterocycles. The first-order chi connectivity index (χ1) is 6.14. The van der Waals surface area contributed by atoms with Crippen molar-refractivity contribution in [2.75, 3.05) is 32.5 Å². The summed E-state index contributed by atoms with van der Waals surface area (Å²) < 4.78 is 26.4. The molecule has 13 heavy (non-hydrogen) atoms. The molecule has 78 valence electrons. The molecule has 0 atom stereocenters. The van der Waals surface area contributed by atoms with Gasteiger partial charge in [-0.25, -0.2) is 0 Å². The molecule has 0 N–H and O–H groups in total. The van der Waals surface area contributed by atoms with E-state index in [1.165, 1.54) is 26.4 Å². The molecule has 1 aliphatic rings. The lowest BCUT2D eigenvalue weighted by Crippen LogP contribution is -2.34. The molecule has 0 radical (unpaired) electrons. The SMILES string of the molecule is COS(=O)(=O)CCN1CCCCC1. The van der Waals surface area contributed by atoms with Crippen molar-refractivity contribution >= 4 is 10.1 Å². The molecule has 0 bridgehead atoms. The monoisotopic (exact) mass is 207 g/mol. The van der Waals surface area contributed by atoms with Gasteiger partial charge in [0, 0.05) is 6.54 Å². The van der Waals surface area contributed by atoms with Gasteiger partial charge in [0.1, 0.15) is 0 Å². The van der Waals surface area contributed by atoms with Gasteiger partial charge in [-0.1, -0.05) is 6.42 Å². The third-order valence-electron chi connectivity index (χ3n) is 2.36. The Morgan fingerprint density at radius 3 is 2.38 bits per heavy atom. The van der Waals surface area contributed by atoms with Crippen molar-refractivity contribution < 1.29 is 12.6 Å². The highest BCUT2D eigenvalue weighted by molar-refractivity contribution is 7.86. The van der Waals surface area contributed by atoms with Crippen molar-refractivity contribution in [1.82, 2.24) is 4.90 Å². The van der Waals surface area contributed by atoms with Crippen molar-refractivity contribution in [1.29, 1.82) is 0 Å². The average Bonchev–Trinajstić information content (AvgIpc) is 2.17. The lowest BCUT2D eigenvalue weighted by atomic mass is 10.1. The molecular weight excluding hydrogens is 190 g/mol. The first-order valence-corrected chi connectivity index (χ1v) is 6.22. The van der Waals surface area contributed by atoms with Crippen LogP contribution in [0, 0.1) is 0 Å². The van der Waals surface area contributed by atoms with E-state index in [9.17, 15) is 8.42 Å². The van der Waals surface area contributed by atoms with Gasteiger partial charge in [-0.3, -0.25) is 4.18 Å². The predicted molar refractivity (Wildman–Crippen MR) is 51.1 cm³/mol. The minimum Gasteiger partial charge on any atom is -0.302 e. The average molecular weight is 207 g/mol. The van der Waals surface area contributed by atoms with Gasteiger partial charge in [-0.2, -0.15) is 8.42 Å². The smallest absolute Gasteiger partial charge is 0.268 e. The Hall–Kier alpha value is -0.130. The summed E-state index contributed by atoms with van der Waals surface area (Å²) in [4.78, 5) is 2.18. The molecule has 5 heteroatoms. The van der Waals surface area contributed by atoms with Crippen LogP contribution in [0.3, 0.4) is 0 Å². The molecule has 0 aromatic heterocycles. The maximum Gasteiger partial charge on any atom is 0.268 e. The van der Waals surface area contributed by atoms with E-state index in [4.69, 9.17) is 0 Å². The molecule has 1 rings (SSSR count).